The zero-order chi connectivity index (χ0) is 13.8. The van der Waals surface area contributed by atoms with E-state index in [1.54, 1.807) is 31.4 Å². The summed E-state index contributed by atoms with van der Waals surface area (Å²) in [5.41, 5.74) is 6.96. The minimum Gasteiger partial charge on any atom is -0.494 e. The molecular weight excluding hydrogens is 248 g/mol. The van der Waals surface area contributed by atoms with E-state index in [2.05, 4.69) is 10.3 Å². The van der Waals surface area contributed by atoms with Crippen LogP contribution < -0.4 is 10.5 Å². The topological polar surface area (TPSA) is 92.3 Å². The zero-order valence-electron chi connectivity index (χ0n) is 10.7. The van der Waals surface area contributed by atoms with Crippen LogP contribution in [0.25, 0.3) is 0 Å². The van der Waals surface area contributed by atoms with Crippen molar-refractivity contribution in [3.05, 3.63) is 35.7 Å². The van der Waals surface area contributed by atoms with Crippen molar-refractivity contribution in [2.75, 3.05) is 12.8 Å². The van der Waals surface area contributed by atoms with Crippen molar-refractivity contribution in [2.45, 2.75) is 6.61 Å². The monoisotopic (exact) mass is 262 g/mol. The number of benzene rings is 1. The summed E-state index contributed by atoms with van der Waals surface area (Å²) in [4.78, 5) is 11.9. The number of hydrogen-bond acceptors (Lipinski definition) is 6. The first-order valence-corrected chi connectivity index (χ1v) is 5.56. The fourth-order valence-corrected chi connectivity index (χ4v) is 1.62. The fourth-order valence-electron chi connectivity index (χ4n) is 1.62. The van der Waals surface area contributed by atoms with E-state index in [1.807, 2.05) is 0 Å². The van der Waals surface area contributed by atoms with E-state index in [0.717, 1.165) is 0 Å². The molecule has 0 aliphatic carbocycles. The number of rotatable bonds is 4. The smallest absolute Gasteiger partial charge is 0.342 e. The molecular formula is C12H14N4O3. The summed E-state index contributed by atoms with van der Waals surface area (Å²) in [6, 6.07) is 4.91. The Hall–Kier alpha value is -2.57. The maximum atomic E-state index is 11.9. The number of aromatic nitrogens is 3. The number of carbonyl (C=O) groups excluding carboxylic acids is 1. The first-order chi connectivity index (χ1) is 9.11. The van der Waals surface area contributed by atoms with E-state index in [-0.39, 0.29) is 12.2 Å². The van der Waals surface area contributed by atoms with Gasteiger partial charge in [0.15, 0.2) is 5.75 Å². The molecule has 0 saturated heterocycles. The number of nitrogen functional groups attached to an aromatic ring is 1. The van der Waals surface area contributed by atoms with Crippen LogP contribution in [0, 0.1) is 0 Å². The maximum Gasteiger partial charge on any atom is 0.342 e. The van der Waals surface area contributed by atoms with Crippen molar-refractivity contribution in [2.24, 2.45) is 7.05 Å². The molecule has 0 saturated carbocycles. The first-order valence-electron chi connectivity index (χ1n) is 5.56. The molecule has 1 aromatic carbocycles. The molecule has 1 heterocycles. The molecule has 1 aromatic heterocycles. The zero-order valence-corrected chi connectivity index (χ0v) is 10.7. The van der Waals surface area contributed by atoms with E-state index in [4.69, 9.17) is 15.2 Å². The maximum absolute atomic E-state index is 11.9. The third-order valence-corrected chi connectivity index (χ3v) is 2.47. The molecule has 2 N–H and O–H groups in total. The predicted molar refractivity (Wildman–Crippen MR) is 67.5 cm³/mol. The van der Waals surface area contributed by atoms with Crippen LogP contribution in [0.3, 0.4) is 0 Å². The van der Waals surface area contributed by atoms with Gasteiger partial charge in [-0.3, -0.25) is 4.68 Å². The summed E-state index contributed by atoms with van der Waals surface area (Å²) in [5, 5.41) is 7.57. The second kappa shape index (κ2) is 5.38. The number of nitrogens with two attached hydrogens (primary N) is 1. The Labute approximate surface area is 109 Å². The van der Waals surface area contributed by atoms with Gasteiger partial charge >= 0.3 is 5.97 Å². The average Bonchev–Trinajstić information content (AvgIpc) is 2.81. The molecule has 0 radical (unpaired) electrons. The van der Waals surface area contributed by atoms with Crippen molar-refractivity contribution in [1.29, 1.82) is 0 Å². The van der Waals surface area contributed by atoms with Gasteiger partial charge < -0.3 is 15.2 Å². The number of aryl methyl sites for hydroxylation is 1. The van der Waals surface area contributed by atoms with E-state index in [9.17, 15) is 4.79 Å². The molecule has 0 aliphatic rings. The molecule has 0 fully saturated rings. The second-order valence-electron chi connectivity index (χ2n) is 3.89. The summed E-state index contributed by atoms with van der Waals surface area (Å²) >= 11 is 0. The number of methoxy groups -OCH3 is 1. The van der Waals surface area contributed by atoms with Gasteiger partial charge in [0.25, 0.3) is 0 Å². The van der Waals surface area contributed by atoms with Gasteiger partial charge in [-0.1, -0.05) is 11.3 Å². The summed E-state index contributed by atoms with van der Waals surface area (Å²) in [5.74, 6) is -0.207. The standard InChI is InChI=1S/C12H14N4O3/c1-16-6-8(14-15-16)7-19-12(17)9-4-3-5-10(13)11(9)18-2/h3-6H,7,13H2,1-2H3. The van der Waals surface area contributed by atoms with Crippen molar-refractivity contribution in [1.82, 2.24) is 15.0 Å². The third-order valence-electron chi connectivity index (χ3n) is 2.47. The molecule has 100 valence electrons. The molecule has 0 unspecified atom stereocenters. The highest BCUT2D eigenvalue weighted by molar-refractivity contribution is 5.94. The number of esters is 1. The van der Waals surface area contributed by atoms with Crippen LogP contribution in [0.15, 0.2) is 24.4 Å². The van der Waals surface area contributed by atoms with Crippen LogP contribution in [0.4, 0.5) is 5.69 Å². The van der Waals surface area contributed by atoms with Gasteiger partial charge in [-0.2, -0.15) is 0 Å². The van der Waals surface area contributed by atoms with Crippen molar-refractivity contribution in [3.63, 3.8) is 0 Å². The van der Waals surface area contributed by atoms with Crippen LogP contribution in [0.5, 0.6) is 5.75 Å². The van der Waals surface area contributed by atoms with E-state index in [0.29, 0.717) is 17.1 Å². The number of anilines is 1. The van der Waals surface area contributed by atoms with Crippen LogP contribution in [-0.4, -0.2) is 28.1 Å². The largest absolute Gasteiger partial charge is 0.494 e. The number of ether oxygens (including phenoxy) is 2. The van der Waals surface area contributed by atoms with Crippen molar-refractivity contribution < 1.29 is 14.3 Å². The molecule has 0 atom stereocenters. The first kappa shape index (κ1) is 12.9. The minimum absolute atomic E-state index is 0.0463. The molecule has 2 rings (SSSR count). The Kier molecular flexibility index (Phi) is 3.65. The lowest BCUT2D eigenvalue weighted by Crippen LogP contribution is -2.08. The van der Waals surface area contributed by atoms with Crippen LogP contribution in [-0.2, 0) is 18.4 Å². The van der Waals surface area contributed by atoms with Gasteiger partial charge in [0.1, 0.15) is 17.9 Å². The highest BCUT2D eigenvalue weighted by Crippen LogP contribution is 2.26. The molecule has 7 heteroatoms. The molecule has 0 bridgehead atoms. The molecule has 0 spiro atoms. The lowest BCUT2D eigenvalue weighted by molar-refractivity contribution is 0.0464. The third kappa shape index (κ3) is 2.82. The summed E-state index contributed by atoms with van der Waals surface area (Å²) in [6.07, 6.45) is 1.67. The molecule has 2 aromatic rings. The summed E-state index contributed by atoms with van der Waals surface area (Å²) < 4.78 is 11.8. The van der Waals surface area contributed by atoms with E-state index in [1.165, 1.54) is 11.8 Å². The van der Waals surface area contributed by atoms with Gasteiger partial charge in [0.05, 0.1) is 19.0 Å². The summed E-state index contributed by atoms with van der Waals surface area (Å²) in [7, 11) is 3.18. The van der Waals surface area contributed by atoms with Crippen LogP contribution in [0.2, 0.25) is 0 Å². The second-order valence-corrected chi connectivity index (χ2v) is 3.89. The normalized spacial score (nSPS) is 10.2. The molecule has 19 heavy (non-hydrogen) atoms. The lowest BCUT2D eigenvalue weighted by atomic mass is 10.2. The van der Waals surface area contributed by atoms with Crippen LogP contribution in [0.1, 0.15) is 16.1 Å². The molecule has 0 amide bonds. The quantitative estimate of drug-likeness (QED) is 0.646. The Morgan fingerprint density at radius 3 is 2.89 bits per heavy atom. The van der Waals surface area contributed by atoms with Gasteiger partial charge in [-0.25, -0.2) is 4.79 Å². The van der Waals surface area contributed by atoms with Crippen molar-refractivity contribution >= 4 is 11.7 Å². The Morgan fingerprint density at radius 2 is 2.26 bits per heavy atom. The van der Waals surface area contributed by atoms with Gasteiger partial charge in [0, 0.05) is 7.05 Å². The van der Waals surface area contributed by atoms with E-state index < -0.39 is 5.97 Å². The highest BCUT2D eigenvalue weighted by Gasteiger charge is 2.16. The number of hydrogen-bond donors (Lipinski definition) is 1. The number of carbonyl (C=O) groups is 1. The molecule has 7 nitrogen and oxygen atoms in total. The number of para-hydroxylation sites is 1. The Balaban J connectivity index is 2.10. The fraction of sp³-hybridized carbons (Fsp3) is 0.250. The molecule has 0 aliphatic heterocycles. The predicted octanol–water partition coefficient (Wildman–Crippen LogP) is 0.763. The Morgan fingerprint density at radius 1 is 1.47 bits per heavy atom. The van der Waals surface area contributed by atoms with Crippen LogP contribution >= 0.6 is 0 Å². The SMILES string of the molecule is COc1c(N)cccc1C(=O)OCc1cn(C)nn1. The van der Waals surface area contributed by atoms with Gasteiger partial charge in [0.2, 0.25) is 0 Å². The lowest BCUT2D eigenvalue weighted by Gasteiger charge is -2.09. The van der Waals surface area contributed by atoms with Gasteiger partial charge in [-0.05, 0) is 12.1 Å². The number of nitrogens with zero attached hydrogens (tertiary/aromatic N) is 3. The van der Waals surface area contributed by atoms with E-state index >= 15 is 0 Å². The average molecular weight is 262 g/mol. The summed E-state index contributed by atoms with van der Waals surface area (Å²) in [6.45, 7) is 0.0463. The Bertz CT molecular complexity index is 594. The highest BCUT2D eigenvalue weighted by atomic mass is 16.5. The van der Waals surface area contributed by atoms with Crippen molar-refractivity contribution in [3.8, 4) is 5.75 Å². The van der Waals surface area contributed by atoms with Gasteiger partial charge in [-0.15, -0.1) is 5.10 Å². The minimum atomic E-state index is -0.519.